The number of ether oxygens (including phenoxy) is 1. The molecule has 0 spiro atoms. The largest absolute Gasteiger partial charge is 0.497 e. The Hall–Kier alpha value is -1.61. The summed E-state index contributed by atoms with van der Waals surface area (Å²) < 4.78 is 6.20. The smallest absolute Gasteiger partial charge is 0.141 e. The fraction of sp³-hybridized carbons (Fsp3) is 0.278. The lowest BCUT2D eigenvalue weighted by Crippen LogP contribution is -2.17. The Bertz CT molecular complexity index is 654. The first-order valence-corrected chi connectivity index (χ1v) is 7.88. The van der Waals surface area contributed by atoms with E-state index in [-0.39, 0.29) is 5.92 Å². The lowest BCUT2D eigenvalue weighted by molar-refractivity contribution is -0.121. The highest BCUT2D eigenvalue weighted by atomic mass is 79.9. The predicted molar refractivity (Wildman–Crippen MR) is 86.7 cm³/mol. The zero-order chi connectivity index (χ0) is 14.8. The van der Waals surface area contributed by atoms with Gasteiger partial charge in [0.15, 0.2) is 0 Å². The van der Waals surface area contributed by atoms with Crippen molar-refractivity contribution in [2.75, 3.05) is 7.11 Å². The summed E-state index contributed by atoms with van der Waals surface area (Å²) in [4.78, 5) is 12.6. The van der Waals surface area contributed by atoms with E-state index in [2.05, 4.69) is 28.1 Å². The molecule has 0 bridgehead atoms. The highest BCUT2D eigenvalue weighted by molar-refractivity contribution is 9.10. The number of benzene rings is 2. The lowest BCUT2D eigenvalue weighted by Gasteiger charge is -2.10. The summed E-state index contributed by atoms with van der Waals surface area (Å²) in [5.41, 5.74) is 3.64. The number of fused-ring (bicyclic) bond motifs is 1. The fourth-order valence-corrected chi connectivity index (χ4v) is 3.32. The molecule has 0 amide bonds. The molecular weight excluding hydrogens is 328 g/mol. The molecule has 0 radical (unpaired) electrons. The third-order valence-electron chi connectivity index (χ3n) is 4.12. The lowest BCUT2D eigenvalue weighted by atomic mass is 9.95. The number of carbonyl (C=O) groups excluding carboxylic acids is 1. The van der Waals surface area contributed by atoms with Gasteiger partial charge in [-0.2, -0.15) is 0 Å². The third kappa shape index (κ3) is 3.03. The summed E-state index contributed by atoms with van der Waals surface area (Å²) in [6, 6.07) is 14.1. The molecule has 0 atom stereocenters. The molecular formula is C18H17BrO2. The summed E-state index contributed by atoms with van der Waals surface area (Å²) in [7, 11) is 1.64. The van der Waals surface area contributed by atoms with E-state index in [1.807, 2.05) is 30.3 Å². The van der Waals surface area contributed by atoms with Gasteiger partial charge in [-0.3, -0.25) is 4.79 Å². The van der Waals surface area contributed by atoms with Crippen LogP contribution in [0.2, 0.25) is 0 Å². The molecule has 2 aromatic carbocycles. The Kier molecular flexibility index (Phi) is 4.11. The molecule has 0 aromatic heterocycles. The summed E-state index contributed by atoms with van der Waals surface area (Å²) in [6.07, 6.45) is 2.20. The van der Waals surface area contributed by atoms with Gasteiger partial charge in [-0.1, -0.05) is 40.2 Å². The molecule has 0 heterocycles. The highest BCUT2D eigenvalue weighted by Gasteiger charge is 2.27. The van der Waals surface area contributed by atoms with Gasteiger partial charge in [0, 0.05) is 16.8 Å². The molecule has 3 heteroatoms. The number of carbonyl (C=O) groups is 1. The first-order chi connectivity index (χ1) is 10.2. The van der Waals surface area contributed by atoms with E-state index in [1.54, 1.807) is 7.11 Å². The van der Waals surface area contributed by atoms with Gasteiger partial charge >= 0.3 is 0 Å². The molecule has 2 nitrogen and oxygen atoms in total. The second-order valence-corrected chi connectivity index (χ2v) is 6.33. The van der Waals surface area contributed by atoms with Crippen LogP contribution in [0.25, 0.3) is 0 Å². The number of rotatable bonds is 4. The Morgan fingerprint density at radius 1 is 1.19 bits per heavy atom. The van der Waals surface area contributed by atoms with Crippen LogP contribution in [0.4, 0.5) is 0 Å². The van der Waals surface area contributed by atoms with E-state index in [0.29, 0.717) is 12.2 Å². The van der Waals surface area contributed by atoms with Crippen molar-refractivity contribution in [1.82, 2.24) is 0 Å². The normalized spacial score (nSPS) is 14.0. The molecule has 0 unspecified atom stereocenters. The van der Waals surface area contributed by atoms with Crippen LogP contribution in [-0.2, 0) is 24.1 Å². The minimum absolute atomic E-state index is 0.112. The monoisotopic (exact) mass is 344 g/mol. The number of ketones is 1. The van der Waals surface area contributed by atoms with Crippen molar-refractivity contribution in [3.8, 4) is 5.75 Å². The fourth-order valence-electron chi connectivity index (χ4n) is 2.93. The quantitative estimate of drug-likeness (QED) is 0.838. The zero-order valence-corrected chi connectivity index (χ0v) is 13.5. The number of halogens is 1. The average Bonchev–Trinajstić information content (AvgIpc) is 2.93. The Labute approximate surface area is 133 Å². The standard InChI is InChI=1S/C18H17BrO2/c1-21-16-6-7-17(19)14(10-16)11-18(20)15-8-12-4-2-3-5-13(12)9-15/h2-7,10,15H,8-9,11H2,1H3. The van der Waals surface area contributed by atoms with Crippen molar-refractivity contribution in [3.63, 3.8) is 0 Å². The van der Waals surface area contributed by atoms with E-state index in [4.69, 9.17) is 4.74 Å². The Morgan fingerprint density at radius 3 is 2.48 bits per heavy atom. The molecule has 0 N–H and O–H groups in total. The van der Waals surface area contributed by atoms with Crippen molar-refractivity contribution in [3.05, 3.63) is 63.6 Å². The van der Waals surface area contributed by atoms with E-state index in [9.17, 15) is 4.79 Å². The van der Waals surface area contributed by atoms with Gasteiger partial charge in [0.1, 0.15) is 11.5 Å². The molecule has 1 aliphatic carbocycles. The van der Waals surface area contributed by atoms with Crippen molar-refractivity contribution in [1.29, 1.82) is 0 Å². The van der Waals surface area contributed by atoms with Gasteiger partial charge in [0.25, 0.3) is 0 Å². The number of hydrogen-bond donors (Lipinski definition) is 0. The maximum Gasteiger partial charge on any atom is 0.141 e. The number of Topliss-reactive ketones (excluding diaryl/α,β-unsaturated/α-hetero) is 1. The van der Waals surface area contributed by atoms with Crippen LogP contribution in [0.3, 0.4) is 0 Å². The Balaban J connectivity index is 1.74. The minimum Gasteiger partial charge on any atom is -0.497 e. The van der Waals surface area contributed by atoms with Crippen molar-refractivity contribution >= 4 is 21.7 Å². The molecule has 0 fully saturated rings. The first-order valence-electron chi connectivity index (χ1n) is 7.09. The van der Waals surface area contributed by atoms with Crippen LogP contribution in [0, 0.1) is 5.92 Å². The van der Waals surface area contributed by atoms with Crippen LogP contribution < -0.4 is 4.74 Å². The van der Waals surface area contributed by atoms with Crippen LogP contribution in [0.15, 0.2) is 46.9 Å². The molecule has 1 aliphatic rings. The SMILES string of the molecule is COc1ccc(Br)c(CC(=O)C2Cc3ccccc3C2)c1. The van der Waals surface area contributed by atoms with Gasteiger partial charge < -0.3 is 4.74 Å². The van der Waals surface area contributed by atoms with Crippen LogP contribution >= 0.6 is 15.9 Å². The zero-order valence-electron chi connectivity index (χ0n) is 11.9. The molecule has 108 valence electrons. The van der Waals surface area contributed by atoms with E-state index < -0.39 is 0 Å². The van der Waals surface area contributed by atoms with Gasteiger partial charge in [-0.15, -0.1) is 0 Å². The summed E-state index contributed by atoms with van der Waals surface area (Å²) in [6.45, 7) is 0. The number of hydrogen-bond acceptors (Lipinski definition) is 2. The molecule has 21 heavy (non-hydrogen) atoms. The maximum atomic E-state index is 12.6. The topological polar surface area (TPSA) is 26.3 Å². The van der Waals surface area contributed by atoms with E-state index in [0.717, 1.165) is 28.6 Å². The maximum absolute atomic E-state index is 12.6. The van der Waals surface area contributed by atoms with Crippen molar-refractivity contribution in [2.24, 2.45) is 5.92 Å². The van der Waals surface area contributed by atoms with E-state index in [1.165, 1.54) is 11.1 Å². The van der Waals surface area contributed by atoms with Crippen molar-refractivity contribution < 1.29 is 9.53 Å². The van der Waals surface area contributed by atoms with Gasteiger partial charge in [0.05, 0.1) is 7.11 Å². The summed E-state index contributed by atoms with van der Waals surface area (Å²) >= 11 is 3.52. The average molecular weight is 345 g/mol. The highest BCUT2D eigenvalue weighted by Crippen LogP contribution is 2.29. The molecule has 2 aromatic rings. The summed E-state index contributed by atoms with van der Waals surface area (Å²) in [5, 5.41) is 0. The minimum atomic E-state index is 0.112. The van der Waals surface area contributed by atoms with Crippen LogP contribution in [0.5, 0.6) is 5.75 Å². The predicted octanol–water partition coefficient (Wildman–Crippen LogP) is 3.98. The van der Waals surface area contributed by atoms with Gasteiger partial charge in [0.2, 0.25) is 0 Å². The Morgan fingerprint density at radius 2 is 1.86 bits per heavy atom. The number of methoxy groups -OCH3 is 1. The molecule has 3 rings (SSSR count). The molecule has 0 saturated carbocycles. The van der Waals surface area contributed by atoms with E-state index >= 15 is 0 Å². The second-order valence-electron chi connectivity index (χ2n) is 5.47. The van der Waals surface area contributed by atoms with Crippen molar-refractivity contribution in [2.45, 2.75) is 19.3 Å². The van der Waals surface area contributed by atoms with Crippen LogP contribution in [0.1, 0.15) is 16.7 Å². The van der Waals surface area contributed by atoms with Crippen LogP contribution in [-0.4, -0.2) is 12.9 Å². The second kappa shape index (κ2) is 6.02. The third-order valence-corrected chi connectivity index (χ3v) is 4.90. The first kappa shape index (κ1) is 14.3. The van der Waals surface area contributed by atoms with Gasteiger partial charge in [-0.25, -0.2) is 0 Å². The summed E-state index contributed by atoms with van der Waals surface area (Å²) in [5.74, 6) is 1.20. The molecule has 0 saturated heterocycles. The molecule has 0 aliphatic heterocycles. The van der Waals surface area contributed by atoms with Gasteiger partial charge in [-0.05, 0) is 47.7 Å².